The number of carbonyl (C=O) groups is 1. The van der Waals surface area contributed by atoms with Gasteiger partial charge in [-0.1, -0.05) is 36.4 Å². The van der Waals surface area contributed by atoms with E-state index in [-0.39, 0.29) is 12.6 Å². The number of esters is 1. The first-order chi connectivity index (χ1) is 12.2. The smallest absolute Gasteiger partial charge is 0.344 e. The molecule has 0 aliphatic carbocycles. The molecule has 1 aliphatic rings. The van der Waals surface area contributed by atoms with E-state index in [9.17, 15) is 4.79 Å². The molecule has 0 aromatic heterocycles. The minimum Gasteiger partial charge on any atom is -0.482 e. The molecule has 0 saturated heterocycles. The number of carbonyl (C=O) groups excluding carboxylic acids is 1. The molecule has 5 heteroatoms. The third-order valence-corrected chi connectivity index (χ3v) is 3.90. The number of aliphatic imine (C=N–C) groups is 1. The van der Waals surface area contributed by atoms with Gasteiger partial charge in [0.25, 0.3) is 0 Å². The van der Waals surface area contributed by atoms with Crippen molar-refractivity contribution < 1.29 is 14.3 Å². The maximum absolute atomic E-state index is 11.7. The number of nitrogens with zero attached hydrogens (tertiary/aromatic N) is 1. The van der Waals surface area contributed by atoms with E-state index in [1.807, 2.05) is 43.3 Å². The van der Waals surface area contributed by atoms with Gasteiger partial charge in [0.2, 0.25) is 0 Å². The van der Waals surface area contributed by atoms with Crippen molar-refractivity contribution in [2.75, 3.05) is 19.8 Å². The van der Waals surface area contributed by atoms with Gasteiger partial charge in [0, 0.05) is 12.1 Å². The van der Waals surface area contributed by atoms with E-state index in [1.165, 1.54) is 5.56 Å². The number of benzene rings is 2. The highest BCUT2D eigenvalue weighted by Gasteiger charge is 2.13. The Hall–Kier alpha value is -2.82. The topological polar surface area (TPSA) is 59.9 Å². The van der Waals surface area contributed by atoms with Crippen LogP contribution in [0.25, 0.3) is 0 Å². The second kappa shape index (κ2) is 8.33. The second-order valence-electron chi connectivity index (χ2n) is 5.93. The largest absolute Gasteiger partial charge is 0.482 e. The van der Waals surface area contributed by atoms with Crippen molar-refractivity contribution in [2.45, 2.75) is 19.9 Å². The number of hydrogen-bond donors (Lipinski definition) is 1. The summed E-state index contributed by atoms with van der Waals surface area (Å²) in [4.78, 5) is 16.2. The first-order valence-electron chi connectivity index (χ1n) is 8.44. The van der Waals surface area contributed by atoms with Crippen LogP contribution in [-0.4, -0.2) is 31.6 Å². The summed E-state index contributed by atoms with van der Waals surface area (Å²) in [5, 5.41) is 3.30. The Morgan fingerprint density at radius 2 is 2.08 bits per heavy atom. The van der Waals surface area contributed by atoms with E-state index in [1.54, 1.807) is 0 Å². The Morgan fingerprint density at radius 1 is 1.20 bits per heavy atom. The minimum absolute atomic E-state index is 0.0725. The van der Waals surface area contributed by atoms with E-state index >= 15 is 0 Å². The van der Waals surface area contributed by atoms with Crippen molar-refractivity contribution in [1.82, 2.24) is 5.32 Å². The molecule has 0 atom stereocenters. The highest BCUT2D eigenvalue weighted by Crippen LogP contribution is 2.16. The molecule has 1 heterocycles. The first kappa shape index (κ1) is 17.0. The summed E-state index contributed by atoms with van der Waals surface area (Å²) in [7, 11) is 0. The van der Waals surface area contributed by atoms with Crippen LogP contribution in [0.15, 0.2) is 53.5 Å². The summed E-state index contributed by atoms with van der Waals surface area (Å²) < 4.78 is 10.6. The molecule has 0 amide bonds. The quantitative estimate of drug-likeness (QED) is 0.623. The van der Waals surface area contributed by atoms with Crippen molar-refractivity contribution in [1.29, 1.82) is 0 Å². The third-order valence-electron chi connectivity index (χ3n) is 3.90. The van der Waals surface area contributed by atoms with Gasteiger partial charge < -0.3 is 14.8 Å². The van der Waals surface area contributed by atoms with Crippen molar-refractivity contribution in [3.8, 4) is 5.75 Å². The van der Waals surface area contributed by atoms with Crippen molar-refractivity contribution in [3.63, 3.8) is 0 Å². The maximum Gasteiger partial charge on any atom is 0.344 e. The average Bonchev–Trinajstić information content (AvgIpc) is 3.03. The molecule has 0 bridgehead atoms. The van der Waals surface area contributed by atoms with Gasteiger partial charge in [-0.15, -0.1) is 0 Å². The molecule has 25 heavy (non-hydrogen) atoms. The zero-order valence-electron chi connectivity index (χ0n) is 14.3. The molecule has 0 unspecified atom stereocenters. The first-order valence-corrected chi connectivity index (χ1v) is 8.44. The molecule has 0 spiro atoms. The van der Waals surface area contributed by atoms with Crippen LogP contribution < -0.4 is 10.1 Å². The molecular formula is C20H22N2O3. The fourth-order valence-electron chi connectivity index (χ4n) is 2.64. The average molecular weight is 338 g/mol. The van der Waals surface area contributed by atoms with E-state index in [4.69, 9.17) is 9.47 Å². The molecule has 0 fully saturated rings. The molecule has 1 aliphatic heterocycles. The van der Waals surface area contributed by atoms with Gasteiger partial charge in [-0.2, -0.15) is 0 Å². The SMILES string of the molecule is Cc1cccc(OCC(=O)OCCCNC2=NCc3ccccc32)c1. The van der Waals surface area contributed by atoms with Gasteiger partial charge in [0.15, 0.2) is 6.61 Å². The summed E-state index contributed by atoms with van der Waals surface area (Å²) in [6, 6.07) is 15.8. The van der Waals surface area contributed by atoms with Crippen LogP contribution in [0.2, 0.25) is 0 Å². The predicted molar refractivity (Wildman–Crippen MR) is 96.9 cm³/mol. The fourth-order valence-corrected chi connectivity index (χ4v) is 2.64. The van der Waals surface area contributed by atoms with E-state index in [0.717, 1.165) is 29.9 Å². The van der Waals surface area contributed by atoms with Crippen LogP contribution in [0, 0.1) is 6.92 Å². The Balaban J connectivity index is 1.31. The fraction of sp³-hybridized carbons (Fsp3) is 0.300. The van der Waals surface area contributed by atoms with Crippen LogP contribution in [0.1, 0.15) is 23.1 Å². The number of hydrogen-bond acceptors (Lipinski definition) is 5. The maximum atomic E-state index is 11.7. The summed E-state index contributed by atoms with van der Waals surface area (Å²) in [5.41, 5.74) is 3.49. The van der Waals surface area contributed by atoms with Crippen LogP contribution in [0.5, 0.6) is 5.75 Å². The molecule has 2 aromatic carbocycles. The molecular weight excluding hydrogens is 316 g/mol. The monoisotopic (exact) mass is 338 g/mol. The van der Waals surface area contributed by atoms with Gasteiger partial charge in [0.05, 0.1) is 13.2 Å². The standard InChI is InChI=1S/C20H22N2O3/c1-15-6-4-8-17(12-15)25-14-19(23)24-11-5-10-21-20-18-9-3-2-7-16(18)13-22-20/h2-4,6-9,12H,5,10-11,13-14H2,1H3,(H,21,22). The van der Waals surface area contributed by atoms with E-state index in [0.29, 0.717) is 18.9 Å². The summed E-state index contributed by atoms with van der Waals surface area (Å²) in [6.07, 6.45) is 0.720. The van der Waals surface area contributed by atoms with E-state index in [2.05, 4.69) is 22.4 Å². The van der Waals surface area contributed by atoms with Gasteiger partial charge in [-0.3, -0.25) is 4.99 Å². The van der Waals surface area contributed by atoms with Crippen molar-refractivity contribution >= 4 is 11.8 Å². The molecule has 0 radical (unpaired) electrons. The number of nitrogens with one attached hydrogen (secondary N) is 1. The Morgan fingerprint density at radius 3 is 2.96 bits per heavy atom. The molecule has 2 aromatic rings. The number of fused-ring (bicyclic) bond motifs is 1. The molecule has 1 N–H and O–H groups in total. The van der Waals surface area contributed by atoms with Crippen LogP contribution >= 0.6 is 0 Å². The lowest BCUT2D eigenvalue weighted by Gasteiger charge is -2.09. The lowest BCUT2D eigenvalue weighted by Crippen LogP contribution is -2.25. The highest BCUT2D eigenvalue weighted by molar-refractivity contribution is 6.01. The number of amidine groups is 1. The molecule has 0 saturated carbocycles. The lowest BCUT2D eigenvalue weighted by molar-refractivity contribution is -0.146. The summed E-state index contributed by atoms with van der Waals surface area (Å²) >= 11 is 0. The molecule has 130 valence electrons. The number of ether oxygens (including phenoxy) is 2. The molecule has 5 nitrogen and oxygen atoms in total. The number of aryl methyl sites for hydroxylation is 1. The minimum atomic E-state index is -0.356. The number of rotatable bonds is 7. The van der Waals surface area contributed by atoms with Gasteiger partial charge in [0.1, 0.15) is 11.6 Å². The normalized spacial score (nSPS) is 12.3. The van der Waals surface area contributed by atoms with Crippen LogP contribution in [0.4, 0.5) is 0 Å². The predicted octanol–water partition coefficient (Wildman–Crippen LogP) is 2.86. The zero-order chi connectivity index (χ0) is 17.5. The Kier molecular flexibility index (Phi) is 5.67. The van der Waals surface area contributed by atoms with Crippen LogP contribution in [0.3, 0.4) is 0 Å². The van der Waals surface area contributed by atoms with Gasteiger partial charge >= 0.3 is 5.97 Å². The Bertz CT molecular complexity index is 771. The lowest BCUT2D eigenvalue weighted by atomic mass is 10.1. The second-order valence-corrected chi connectivity index (χ2v) is 5.93. The zero-order valence-corrected chi connectivity index (χ0v) is 14.3. The van der Waals surface area contributed by atoms with Gasteiger partial charge in [-0.25, -0.2) is 4.79 Å². The van der Waals surface area contributed by atoms with E-state index < -0.39 is 0 Å². The summed E-state index contributed by atoms with van der Waals surface area (Å²) in [5.74, 6) is 1.24. The highest BCUT2D eigenvalue weighted by atomic mass is 16.6. The third kappa shape index (κ3) is 4.83. The summed E-state index contributed by atoms with van der Waals surface area (Å²) in [6.45, 7) is 3.70. The van der Waals surface area contributed by atoms with Crippen LogP contribution in [-0.2, 0) is 16.1 Å². The van der Waals surface area contributed by atoms with Crippen molar-refractivity contribution in [2.24, 2.45) is 4.99 Å². The molecule has 3 rings (SSSR count). The van der Waals surface area contributed by atoms with Gasteiger partial charge in [-0.05, 0) is 36.6 Å². The van der Waals surface area contributed by atoms with Crippen molar-refractivity contribution in [3.05, 3.63) is 65.2 Å². The Labute approximate surface area is 147 Å².